The van der Waals surface area contributed by atoms with Gasteiger partial charge in [-0.25, -0.2) is 0 Å². The number of carbonyl (C=O) groups excluding carboxylic acids is 1. The van der Waals surface area contributed by atoms with Gasteiger partial charge in [-0.3, -0.25) is 9.78 Å². The van der Waals surface area contributed by atoms with Crippen LogP contribution in [0.2, 0.25) is 0 Å². The van der Waals surface area contributed by atoms with Crippen LogP contribution in [0.3, 0.4) is 0 Å². The predicted octanol–water partition coefficient (Wildman–Crippen LogP) is 2.26. The lowest BCUT2D eigenvalue weighted by atomic mass is 10.0. The number of carbonyl (C=O) groups is 1. The lowest BCUT2D eigenvalue weighted by Gasteiger charge is -2.09. The molecule has 1 aliphatic rings. The third kappa shape index (κ3) is 3.30. The van der Waals surface area contributed by atoms with E-state index in [0.29, 0.717) is 17.8 Å². The molecule has 1 aromatic rings. The Morgan fingerprint density at radius 1 is 1.50 bits per heavy atom. The quantitative estimate of drug-likeness (QED) is 0.882. The lowest BCUT2D eigenvalue weighted by molar-refractivity contribution is 0.0946. The Balaban J connectivity index is 1.81. The second-order valence-corrected chi connectivity index (χ2v) is 4.74. The van der Waals surface area contributed by atoms with Crippen LogP contribution in [0.1, 0.15) is 48.2 Å². The monoisotopic (exact) mass is 243 g/mol. The molecule has 1 fully saturated rings. The van der Waals surface area contributed by atoms with Gasteiger partial charge in [-0.15, -0.1) is 0 Å². The highest BCUT2D eigenvalue weighted by atomic mass is 16.1. The van der Waals surface area contributed by atoms with Crippen LogP contribution in [-0.4, -0.2) is 17.4 Å². The van der Waals surface area contributed by atoms with Gasteiger partial charge in [0.15, 0.2) is 0 Å². The summed E-state index contributed by atoms with van der Waals surface area (Å²) in [5.74, 6) is 0.578. The van der Waals surface area contributed by atoms with Crippen molar-refractivity contribution in [1.29, 1.82) is 5.26 Å². The van der Waals surface area contributed by atoms with Crippen LogP contribution < -0.4 is 5.32 Å². The van der Waals surface area contributed by atoms with Gasteiger partial charge in [-0.05, 0) is 24.5 Å². The zero-order valence-corrected chi connectivity index (χ0v) is 10.4. The molecule has 1 heterocycles. The fourth-order valence-corrected chi connectivity index (χ4v) is 2.40. The van der Waals surface area contributed by atoms with Crippen molar-refractivity contribution in [3.8, 4) is 6.07 Å². The summed E-state index contributed by atoms with van der Waals surface area (Å²) < 4.78 is 0. The molecule has 1 amide bonds. The molecule has 4 nitrogen and oxygen atoms in total. The van der Waals surface area contributed by atoms with Gasteiger partial charge in [0.1, 0.15) is 5.69 Å². The first kappa shape index (κ1) is 12.6. The first-order chi connectivity index (χ1) is 8.79. The van der Waals surface area contributed by atoms with E-state index in [0.717, 1.165) is 12.3 Å². The molecule has 0 saturated heterocycles. The topological polar surface area (TPSA) is 65.8 Å². The Morgan fingerprint density at radius 2 is 2.28 bits per heavy atom. The predicted molar refractivity (Wildman–Crippen MR) is 67.9 cm³/mol. The molecule has 1 aliphatic carbocycles. The number of rotatable bonds is 4. The van der Waals surface area contributed by atoms with Crippen LogP contribution in [-0.2, 0) is 0 Å². The summed E-state index contributed by atoms with van der Waals surface area (Å²) >= 11 is 0. The Morgan fingerprint density at radius 3 is 3.00 bits per heavy atom. The highest BCUT2D eigenvalue weighted by Crippen LogP contribution is 2.26. The number of hydrogen-bond acceptors (Lipinski definition) is 3. The number of hydrogen-bond donors (Lipinski definition) is 1. The minimum atomic E-state index is -0.190. The van der Waals surface area contributed by atoms with Gasteiger partial charge < -0.3 is 5.32 Å². The van der Waals surface area contributed by atoms with E-state index >= 15 is 0 Å². The fraction of sp³-hybridized carbons (Fsp3) is 0.500. The van der Waals surface area contributed by atoms with Crippen molar-refractivity contribution >= 4 is 5.91 Å². The van der Waals surface area contributed by atoms with Gasteiger partial charge >= 0.3 is 0 Å². The second kappa shape index (κ2) is 6.15. The minimum Gasteiger partial charge on any atom is -0.351 e. The molecule has 0 atom stereocenters. The smallest absolute Gasteiger partial charge is 0.269 e. The normalized spacial score (nSPS) is 15.3. The molecule has 0 aliphatic heterocycles. The summed E-state index contributed by atoms with van der Waals surface area (Å²) in [7, 11) is 0. The molecule has 2 rings (SSSR count). The van der Waals surface area contributed by atoms with Gasteiger partial charge in [0, 0.05) is 12.7 Å². The van der Waals surface area contributed by atoms with E-state index in [-0.39, 0.29) is 5.91 Å². The summed E-state index contributed by atoms with van der Waals surface area (Å²) in [6.45, 7) is 0.696. The van der Waals surface area contributed by atoms with Gasteiger partial charge in [-0.1, -0.05) is 25.7 Å². The average molecular weight is 243 g/mol. The van der Waals surface area contributed by atoms with E-state index < -0.39 is 0 Å². The molecule has 0 unspecified atom stereocenters. The van der Waals surface area contributed by atoms with E-state index in [1.54, 1.807) is 6.07 Å². The first-order valence-electron chi connectivity index (χ1n) is 6.44. The maximum absolute atomic E-state index is 11.8. The van der Waals surface area contributed by atoms with E-state index in [4.69, 9.17) is 5.26 Å². The number of amides is 1. The molecule has 1 saturated carbocycles. The van der Waals surface area contributed by atoms with Crippen molar-refractivity contribution in [3.05, 3.63) is 29.6 Å². The van der Waals surface area contributed by atoms with E-state index in [9.17, 15) is 4.79 Å². The average Bonchev–Trinajstić information content (AvgIpc) is 2.92. The van der Waals surface area contributed by atoms with Gasteiger partial charge in [-0.2, -0.15) is 5.26 Å². The van der Waals surface area contributed by atoms with Crippen LogP contribution in [0.4, 0.5) is 0 Å². The van der Waals surface area contributed by atoms with E-state index in [2.05, 4.69) is 10.3 Å². The molecule has 0 radical (unpaired) electrons. The van der Waals surface area contributed by atoms with Gasteiger partial charge in [0.2, 0.25) is 0 Å². The molecule has 0 spiro atoms. The highest BCUT2D eigenvalue weighted by Gasteiger charge is 2.15. The Kier molecular flexibility index (Phi) is 4.30. The summed E-state index contributed by atoms with van der Waals surface area (Å²) in [4.78, 5) is 15.8. The highest BCUT2D eigenvalue weighted by molar-refractivity contribution is 5.92. The third-order valence-corrected chi connectivity index (χ3v) is 3.43. The molecule has 94 valence electrons. The SMILES string of the molecule is N#Cc1ccnc(C(=O)NCCC2CCCC2)c1. The number of aromatic nitrogens is 1. The molecule has 0 bridgehead atoms. The summed E-state index contributed by atoms with van der Waals surface area (Å²) in [5, 5.41) is 11.6. The van der Waals surface area contributed by atoms with Crippen molar-refractivity contribution in [2.75, 3.05) is 6.54 Å². The minimum absolute atomic E-state index is 0.190. The molecular weight excluding hydrogens is 226 g/mol. The number of nitrogens with one attached hydrogen (secondary N) is 1. The molecule has 4 heteroatoms. The van der Waals surface area contributed by atoms with Crippen molar-refractivity contribution in [3.63, 3.8) is 0 Å². The maximum atomic E-state index is 11.8. The third-order valence-electron chi connectivity index (χ3n) is 3.43. The first-order valence-corrected chi connectivity index (χ1v) is 6.44. The van der Waals surface area contributed by atoms with Crippen molar-refractivity contribution < 1.29 is 4.79 Å². The largest absolute Gasteiger partial charge is 0.351 e. The van der Waals surface area contributed by atoms with Crippen LogP contribution in [0.5, 0.6) is 0 Å². The maximum Gasteiger partial charge on any atom is 0.269 e. The second-order valence-electron chi connectivity index (χ2n) is 4.74. The number of nitriles is 1. The van der Waals surface area contributed by atoms with Crippen LogP contribution >= 0.6 is 0 Å². The Hall–Kier alpha value is -1.89. The Bertz CT molecular complexity index is 458. The van der Waals surface area contributed by atoms with E-state index in [1.165, 1.54) is 37.9 Å². The molecular formula is C14H17N3O. The molecule has 1 aromatic heterocycles. The summed E-state index contributed by atoms with van der Waals surface area (Å²) in [5.41, 5.74) is 0.784. The zero-order chi connectivity index (χ0) is 12.8. The Labute approximate surface area is 107 Å². The summed E-state index contributed by atoms with van der Waals surface area (Å²) in [6, 6.07) is 5.11. The van der Waals surface area contributed by atoms with Gasteiger partial charge in [0.25, 0.3) is 5.91 Å². The number of nitrogens with zero attached hydrogens (tertiary/aromatic N) is 2. The van der Waals surface area contributed by atoms with Crippen LogP contribution in [0.25, 0.3) is 0 Å². The van der Waals surface area contributed by atoms with Crippen LogP contribution in [0.15, 0.2) is 18.3 Å². The van der Waals surface area contributed by atoms with Crippen LogP contribution in [0, 0.1) is 17.2 Å². The standard InChI is InChI=1S/C14H17N3O/c15-10-12-6-7-16-13(9-12)14(18)17-8-5-11-3-1-2-4-11/h6-7,9,11H,1-5,8H2,(H,17,18). The fourth-order valence-electron chi connectivity index (χ4n) is 2.40. The van der Waals surface area contributed by atoms with Gasteiger partial charge in [0.05, 0.1) is 11.6 Å². The van der Waals surface area contributed by atoms with E-state index in [1.807, 2.05) is 6.07 Å². The van der Waals surface area contributed by atoms with Crippen molar-refractivity contribution in [1.82, 2.24) is 10.3 Å². The zero-order valence-electron chi connectivity index (χ0n) is 10.4. The number of pyridine rings is 1. The molecule has 1 N–H and O–H groups in total. The summed E-state index contributed by atoms with van der Waals surface area (Å²) in [6.07, 6.45) is 7.76. The molecule has 18 heavy (non-hydrogen) atoms. The van der Waals surface area contributed by atoms with Crippen molar-refractivity contribution in [2.45, 2.75) is 32.1 Å². The molecule has 0 aromatic carbocycles. The van der Waals surface area contributed by atoms with Crippen molar-refractivity contribution in [2.24, 2.45) is 5.92 Å². The lowest BCUT2D eigenvalue weighted by Crippen LogP contribution is -2.26.